The first-order chi connectivity index (χ1) is 10.0. The van der Waals surface area contributed by atoms with Gasteiger partial charge in [-0.1, -0.05) is 58.0 Å². The number of alkyl halides is 10. The lowest BCUT2D eigenvalue weighted by Gasteiger charge is -2.32. The third kappa shape index (κ3) is 4.42. The molecule has 0 radical (unpaired) electrons. The first kappa shape index (κ1) is 21.2. The lowest BCUT2D eigenvalue weighted by molar-refractivity contribution is -0.348. The summed E-state index contributed by atoms with van der Waals surface area (Å²) in [4.78, 5) is 0. The summed E-state index contributed by atoms with van der Waals surface area (Å²) in [5.41, 5.74) is -8.57. The van der Waals surface area contributed by atoms with E-state index in [4.69, 9.17) is 58.0 Å². The van der Waals surface area contributed by atoms with Crippen molar-refractivity contribution >= 4 is 58.0 Å². The predicted octanol–water partition coefficient (Wildman–Crippen LogP) is 7.20. The molecule has 0 heterocycles. The van der Waals surface area contributed by atoms with E-state index >= 15 is 0 Å². The van der Waals surface area contributed by atoms with Crippen molar-refractivity contribution in [2.75, 3.05) is 0 Å². The molecule has 0 aromatic heterocycles. The van der Waals surface area contributed by atoms with Gasteiger partial charge in [-0.3, -0.25) is 0 Å². The first-order valence-electron chi connectivity index (χ1n) is 5.38. The molecule has 132 valence electrons. The Bertz CT molecular complexity index is 574. The quantitative estimate of drug-likeness (QED) is 0.333. The maximum Gasteiger partial charge on any atom is 0.435 e. The van der Waals surface area contributed by atoms with E-state index in [1.807, 2.05) is 0 Å². The standard InChI is InChI=1S/C11H4Cl5F7/c12-4-1-6(5(7(13)2-4)3-8(14,15)16)9(17,10(18,19)20)11(21,22)23/h1-2H,3H2. The van der Waals surface area contributed by atoms with Crippen LogP contribution in [0.2, 0.25) is 10.0 Å². The van der Waals surface area contributed by atoms with Gasteiger partial charge in [-0.25, -0.2) is 4.39 Å². The van der Waals surface area contributed by atoms with E-state index in [1.54, 1.807) is 0 Å². The smallest absolute Gasteiger partial charge is 0.218 e. The summed E-state index contributed by atoms with van der Waals surface area (Å²) in [7, 11) is 0. The fourth-order valence-corrected chi connectivity index (χ4v) is 2.72. The normalized spacial score (nSPS) is 14.3. The molecule has 0 amide bonds. The molecule has 0 saturated heterocycles. The molecule has 0 aliphatic carbocycles. The highest BCUT2D eigenvalue weighted by Gasteiger charge is 2.74. The molecule has 0 nitrogen and oxygen atoms in total. The van der Waals surface area contributed by atoms with Crippen LogP contribution in [0, 0.1) is 0 Å². The Hall–Kier alpha value is 0.180. The van der Waals surface area contributed by atoms with Crippen molar-refractivity contribution in [2.45, 2.75) is 28.2 Å². The van der Waals surface area contributed by atoms with Crippen LogP contribution in [0.4, 0.5) is 30.7 Å². The van der Waals surface area contributed by atoms with E-state index in [2.05, 4.69) is 0 Å². The van der Waals surface area contributed by atoms with Crippen LogP contribution in [0.3, 0.4) is 0 Å². The lowest BCUT2D eigenvalue weighted by Crippen LogP contribution is -2.51. The molecule has 0 saturated carbocycles. The zero-order chi connectivity index (χ0) is 18.4. The highest BCUT2D eigenvalue weighted by Crippen LogP contribution is 2.55. The second-order valence-electron chi connectivity index (χ2n) is 4.36. The molecule has 1 rings (SSSR count). The van der Waals surface area contributed by atoms with Crippen molar-refractivity contribution in [3.63, 3.8) is 0 Å². The summed E-state index contributed by atoms with van der Waals surface area (Å²) in [6.07, 6.45) is -13.7. The lowest BCUT2D eigenvalue weighted by atomic mass is 9.88. The molecule has 0 unspecified atom stereocenters. The maximum atomic E-state index is 14.2. The highest BCUT2D eigenvalue weighted by atomic mass is 35.6. The molecule has 0 bridgehead atoms. The number of hydrogen-bond donors (Lipinski definition) is 0. The Morgan fingerprint density at radius 1 is 0.783 bits per heavy atom. The second kappa shape index (κ2) is 6.48. The van der Waals surface area contributed by atoms with Gasteiger partial charge in [0.2, 0.25) is 0 Å². The number of benzene rings is 1. The molecule has 0 spiro atoms. The van der Waals surface area contributed by atoms with E-state index in [1.165, 1.54) is 0 Å². The van der Waals surface area contributed by atoms with Crippen molar-refractivity contribution in [3.05, 3.63) is 33.3 Å². The summed E-state index contributed by atoms with van der Waals surface area (Å²) in [5, 5.41) is -1.34. The number of halogens is 12. The van der Waals surface area contributed by atoms with Gasteiger partial charge in [0.25, 0.3) is 0 Å². The second-order valence-corrected chi connectivity index (χ2v) is 7.72. The fraction of sp³-hybridized carbons (Fsp3) is 0.455. The topological polar surface area (TPSA) is 0 Å². The Labute approximate surface area is 150 Å². The van der Waals surface area contributed by atoms with Crippen LogP contribution >= 0.6 is 58.0 Å². The first-order valence-corrected chi connectivity index (χ1v) is 7.27. The minimum absolute atomic E-state index is 0.153. The van der Waals surface area contributed by atoms with E-state index in [0.717, 1.165) is 6.07 Å². The third-order valence-corrected chi connectivity index (χ3v) is 3.65. The van der Waals surface area contributed by atoms with Crippen LogP contribution in [0.5, 0.6) is 0 Å². The Balaban J connectivity index is 3.80. The third-order valence-electron chi connectivity index (χ3n) is 2.69. The summed E-state index contributed by atoms with van der Waals surface area (Å²) in [5.74, 6) is 0. The average molecular weight is 446 g/mol. The molecule has 0 aliphatic heterocycles. The molecule has 1 aromatic carbocycles. The largest absolute Gasteiger partial charge is 0.435 e. The summed E-state index contributed by atoms with van der Waals surface area (Å²) in [6, 6.07) is 0.964. The minimum atomic E-state index is -6.35. The molecule has 1 aromatic rings. The van der Waals surface area contributed by atoms with E-state index in [0.29, 0.717) is 0 Å². The van der Waals surface area contributed by atoms with Crippen molar-refractivity contribution in [1.29, 1.82) is 0 Å². The van der Waals surface area contributed by atoms with Gasteiger partial charge in [0.15, 0.2) is 3.79 Å². The Morgan fingerprint density at radius 3 is 1.57 bits per heavy atom. The monoisotopic (exact) mass is 444 g/mol. The van der Waals surface area contributed by atoms with E-state index < -0.39 is 49.4 Å². The molecule has 0 atom stereocenters. The molecular formula is C11H4Cl5F7. The minimum Gasteiger partial charge on any atom is -0.218 e. The molecule has 12 heteroatoms. The van der Waals surface area contributed by atoms with Crippen LogP contribution in [-0.4, -0.2) is 16.1 Å². The maximum absolute atomic E-state index is 14.2. The van der Waals surface area contributed by atoms with Gasteiger partial charge < -0.3 is 0 Å². The predicted molar refractivity (Wildman–Crippen MR) is 75.4 cm³/mol. The van der Waals surface area contributed by atoms with Gasteiger partial charge in [-0.15, -0.1) is 0 Å². The Kier molecular flexibility index (Phi) is 5.98. The fourth-order valence-electron chi connectivity index (χ4n) is 1.76. The van der Waals surface area contributed by atoms with Crippen LogP contribution < -0.4 is 0 Å². The van der Waals surface area contributed by atoms with Gasteiger partial charge in [0, 0.05) is 22.0 Å². The SMILES string of the molecule is FC(F)(F)C(F)(c1cc(Cl)cc(Cl)c1CC(Cl)(Cl)Cl)C(F)(F)F. The van der Waals surface area contributed by atoms with Crippen LogP contribution in [0.15, 0.2) is 12.1 Å². The van der Waals surface area contributed by atoms with E-state index in [9.17, 15) is 30.7 Å². The van der Waals surface area contributed by atoms with Gasteiger partial charge in [-0.2, -0.15) is 26.3 Å². The molecule has 0 N–H and O–H groups in total. The summed E-state index contributed by atoms with van der Waals surface area (Å²) >= 11 is 27.2. The van der Waals surface area contributed by atoms with Gasteiger partial charge >= 0.3 is 18.0 Å². The number of hydrogen-bond acceptors (Lipinski definition) is 0. The molecule has 0 aliphatic rings. The number of rotatable bonds is 2. The summed E-state index contributed by atoms with van der Waals surface area (Å²) < 4.78 is 89.2. The van der Waals surface area contributed by atoms with Crippen molar-refractivity contribution < 1.29 is 30.7 Å². The van der Waals surface area contributed by atoms with Gasteiger partial charge in [-0.05, 0) is 17.7 Å². The van der Waals surface area contributed by atoms with Gasteiger partial charge in [0.05, 0.1) is 0 Å². The molecule has 23 heavy (non-hydrogen) atoms. The van der Waals surface area contributed by atoms with Crippen LogP contribution in [0.25, 0.3) is 0 Å². The van der Waals surface area contributed by atoms with Gasteiger partial charge in [0.1, 0.15) is 0 Å². The van der Waals surface area contributed by atoms with Crippen molar-refractivity contribution in [3.8, 4) is 0 Å². The van der Waals surface area contributed by atoms with Crippen LogP contribution in [-0.2, 0) is 12.1 Å². The van der Waals surface area contributed by atoms with E-state index in [-0.39, 0.29) is 6.07 Å². The summed E-state index contributed by atoms with van der Waals surface area (Å²) in [6.45, 7) is 0. The zero-order valence-corrected chi connectivity index (χ0v) is 14.2. The molecule has 0 fully saturated rings. The Morgan fingerprint density at radius 2 is 1.22 bits per heavy atom. The molecular weight excluding hydrogens is 442 g/mol. The zero-order valence-electron chi connectivity index (χ0n) is 10.4. The van der Waals surface area contributed by atoms with Crippen molar-refractivity contribution in [1.82, 2.24) is 0 Å². The average Bonchev–Trinajstić information content (AvgIpc) is 2.26. The van der Waals surface area contributed by atoms with Crippen molar-refractivity contribution in [2.24, 2.45) is 0 Å². The van der Waals surface area contributed by atoms with Crippen LogP contribution in [0.1, 0.15) is 11.1 Å². The highest BCUT2D eigenvalue weighted by molar-refractivity contribution is 6.67.